The average Bonchev–Trinajstić information content (AvgIpc) is 3.25. The highest BCUT2D eigenvalue weighted by Gasteiger charge is 2.36. The van der Waals surface area contributed by atoms with Crippen LogP contribution in [-0.2, 0) is 29.5 Å². The van der Waals surface area contributed by atoms with E-state index in [-0.39, 0.29) is 16.8 Å². The first-order valence-corrected chi connectivity index (χ1v) is 13.9. The van der Waals surface area contributed by atoms with Gasteiger partial charge in [-0.3, -0.25) is 9.10 Å². The second-order valence-corrected chi connectivity index (χ2v) is 11.5. The zero-order valence-corrected chi connectivity index (χ0v) is 21.9. The maximum atomic E-state index is 13.8. The number of aryl methyl sites for hydroxylation is 1. The number of rotatable bonds is 7. The molecule has 0 aromatic heterocycles. The Morgan fingerprint density at radius 3 is 1.97 bits per heavy atom. The van der Waals surface area contributed by atoms with Crippen LogP contribution in [0.1, 0.15) is 39.5 Å². The van der Waals surface area contributed by atoms with Crippen molar-refractivity contribution >= 4 is 21.6 Å². The molecule has 188 valence electrons. The molecule has 5 nitrogen and oxygen atoms in total. The van der Waals surface area contributed by atoms with Crippen LogP contribution in [0.15, 0.2) is 108 Å². The molecule has 0 N–H and O–H groups in total. The van der Waals surface area contributed by atoms with Gasteiger partial charge in [0.25, 0.3) is 15.9 Å². The van der Waals surface area contributed by atoms with Crippen LogP contribution >= 0.6 is 0 Å². The fraction of sp³-hybridized carbons (Fsp3) is 0.194. The van der Waals surface area contributed by atoms with E-state index in [9.17, 15) is 13.2 Å². The molecule has 4 aromatic rings. The summed E-state index contributed by atoms with van der Waals surface area (Å²) in [6.07, 6.45) is 0.554. The monoisotopic (exact) mass is 510 g/mol. The Labute approximate surface area is 219 Å². The third-order valence-electron chi connectivity index (χ3n) is 6.78. The first-order valence-electron chi connectivity index (χ1n) is 12.4. The molecule has 0 fully saturated rings. The zero-order valence-electron chi connectivity index (χ0n) is 21.0. The summed E-state index contributed by atoms with van der Waals surface area (Å²) < 4.78 is 28.5. The molecule has 0 saturated heterocycles. The second-order valence-electron chi connectivity index (χ2n) is 9.64. The van der Waals surface area contributed by atoms with Gasteiger partial charge in [0.2, 0.25) is 0 Å². The van der Waals surface area contributed by atoms with E-state index in [0.29, 0.717) is 30.8 Å². The van der Waals surface area contributed by atoms with Gasteiger partial charge < -0.3 is 4.90 Å². The number of anilines is 1. The number of benzene rings is 4. The van der Waals surface area contributed by atoms with Crippen molar-refractivity contribution in [3.63, 3.8) is 0 Å². The number of carbonyl (C=O) groups is 1. The highest BCUT2D eigenvalue weighted by Crippen LogP contribution is 2.37. The van der Waals surface area contributed by atoms with E-state index in [2.05, 4.69) is 0 Å². The van der Waals surface area contributed by atoms with Gasteiger partial charge in [-0.1, -0.05) is 78.4 Å². The first-order chi connectivity index (χ1) is 17.8. The van der Waals surface area contributed by atoms with Gasteiger partial charge in [0.1, 0.15) is 0 Å². The van der Waals surface area contributed by atoms with E-state index >= 15 is 0 Å². The minimum Gasteiger partial charge on any atom is -0.330 e. The number of hydrogen-bond donors (Lipinski definition) is 0. The number of fused-ring (bicyclic) bond motifs is 1. The van der Waals surface area contributed by atoms with E-state index in [0.717, 1.165) is 22.3 Å². The van der Waals surface area contributed by atoms with Crippen molar-refractivity contribution in [1.82, 2.24) is 4.90 Å². The fourth-order valence-electron chi connectivity index (χ4n) is 4.92. The molecule has 0 bridgehead atoms. The quantitative estimate of drug-likeness (QED) is 0.307. The number of carbonyl (C=O) groups excluding carboxylic acids is 1. The fourth-order valence-corrected chi connectivity index (χ4v) is 6.61. The number of hydrogen-bond acceptors (Lipinski definition) is 3. The zero-order chi connectivity index (χ0) is 26.0. The lowest BCUT2D eigenvalue weighted by Crippen LogP contribution is -2.35. The Morgan fingerprint density at radius 2 is 1.41 bits per heavy atom. The van der Waals surface area contributed by atoms with Crippen LogP contribution in [0.2, 0.25) is 0 Å². The average molecular weight is 511 g/mol. The van der Waals surface area contributed by atoms with Crippen LogP contribution < -0.4 is 4.31 Å². The van der Waals surface area contributed by atoms with Gasteiger partial charge in [-0.2, -0.15) is 0 Å². The van der Waals surface area contributed by atoms with Crippen LogP contribution in [0, 0.1) is 6.92 Å². The van der Waals surface area contributed by atoms with Crippen molar-refractivity contribution in [2.24, 2.45) is 0 Å². The summed E-state index contributed by atoms with van der Waals surface area (Å²) in [5.74, 6) is -0.0806. The Kier molecular flexibility index (Phi) is 6.85. The lowest BCUT2D eigenvalue weighted by Gasteiger charge is -2.25. The Hall–Kier alpha value is -3.90. The summed E-state index contributed by atoms with van der Waals surface area (Å²) in [7, 11) is -3.71. The largest absolute Gasteiger partial charge is 0.330 e. The molecule has 1 aliphatic heterocycles. The van der Waals surface area contributed by atoms with Crippen molar-refractivity contribution in [2.75, 3.05) is 4.31 Å². The van der Waals surface area contributed by atoms with E-state index in [4.69, 9.17) is 0 Å². The van der Waals surface area contributed by atoms with Gasteiger partial charge in [0.05, 0.1) is 10.6 Å². The SMILES string of the molecule is Cc1ccc(S(=O)(=O)N2c3ccc(C(=O)N(Cc4ccccc4)Cc4ccccc4)cc3C[C@H]2C)cc1. The molecule has 0 saturated carbocycles. The van der Waals surface area contributed by atoms with Gasteiger partial charge in [0, 0.05) is 24.7 Å². The molecule has 37 heavy (non-hydrogen) atoms. The number of nitrogens with zero attached hydrogens (tertiary/aromatic N) is 2. The summed E-state index contributed by atoms with van der Waals surface area (Å²) in [6.45, 7) is 4.80. The molecule has 1 aliphatic rings. The highest BCUT2D eigenvalue weighted by atomic mass is 32.2. The molecule has 0 spiro atoms. The van der Waals surface area contributed by atoms with Crippen molar-refractivity contribution < 1.29 is 13.2 Å². The van der Waals surface area contributed by atoms with Crippen LogP contribution in [0.5, 0.6) is 0 Å². The molecular weight excluding hydrogens is 480 g/mol. The smallest absolute Gasteiger partial charge is 0.264 e. The summed E-state index contributed by atoms with van der Waals surface area (Å²) in [5, 5.41) is 0. The standard InChI is InChI=1S/C31H30N2O3S/c1-23-13-16-29(17-14-23)37(35,36)33-24(2)19-28-20-27(15-18-30(28)33)31(34)32(21-25-9-5-3-6-10-25)22-26-11-7-4-8-12-26/h3-18,20,24H,19,21-22H2,1-2H3/t24-/m1/s1. The van der Waals surface area contributed by atoms with E-state index in [1.54, 1.807) is 24.3 Å². The van der Waals surface area contributed by atoms with Gasteiger partial charge in [0.15, 0.2) is 0 Å². The Bertz CT molecular complexity index is 1460. The van der Waals surface area contributed by atoms with E-state index in [1.807, 2.05) is 97.6 Å². The molecule has 0 aliphatic carbocycles. The topological polar surface area (TPSA) is 57.7 Å². The van der Waals surface area contributed by atoms with Crippen molar-refractivity contribution in [2.45, 2.75) is 44.3 Å². The van der Waals surface area contributed by atoms with Crippen molar-refractivity contribution in [1.29, 1.82) is 0 Å². The summed E-state index contributed by atoms with van der Waals surface area (Å²) in [6, 6.07) is 32.0. The Morgan fingerprint density at radius 1 is 0.838 bits per heavy atom. The van der Waals surface area contributed by atoms with Gasteiger partial charge in [-0.25, -0.2) is 8.42 Å². The minimum atomic E-state index is -3.71. The Balaban J connectivity index is 1.45. The van der Waals surface area contributed by atoms with Gasteiger partial charge >= 0.3 is 0 Å². The predicted molar refractivity (Wildman–Crippen MR) is 147 cm³/mol. The van der Waals surface area contributed by atoms with Crippen LogP contribution in [0.25, 0.3) is 0 Å². The summed E-state index contributed by atoms with van der Waals surface area (Å²) in [4.78, 5) is 15.9. The van der Waals surface area contributed by atoms with Crippen LogP contribution in [0.4, 0.5) is 5.69 Å². The lowest BCUT2D eigenvalue weighted by atomic mass is 10.1. The van der Waals surface area contributed by atoms with Crippen molar-refractivity contribution in [3.8, 4) is 0 Å². The highest BCUT2D eigenvalue weighted by molar-refractivity contribution is 7.92. The lowest BCUT2D eigenvalue weighted by molar-refractivity contribution is 0.0730. The summed E-state index contributed by atoms with van der Waals surface area (Å²) in [5.41, 5.74) is 5.18. The first kappa shape index (κ1) is 24.8. The van der Waals surface area contributed by atoms with E-state index < -0.39 is 10.0 Å². The third kappa shape index (κ3) is 5.16. The summed E-state index contributed by atoms with van der Waals surface area (Å²) >= 11 is 0. The molecule has 1 heterocycles. The molecule has 5 rings (SSSR count). The maximum Gasteiger partial charge on any atom is 0.264 e. The molecule has 6 heteroatoms. The molecule has 4 aromatic carbocycles. The van der Waals surface area contributed by atoms with Crippen LogP contribution in [-0.4, -0.2) is 25.3 Å². The van der Waals surface area contributed by atoms with Crippen molar-refractivity contribution in [3.05, 3.63) is 131 Å². The normalized spacial score (nSPS) is 14.9. The molecule has 0 unspecified atom stereocenters. The van der Waals surface area contributed by atoms with Crippen LogP contribution in [0.3, 0.4) is 0 Å². The molecule has 0 radical (unpaired) electrons. The molecule has 1 amide bonds. The van der Waals surface area contributed by atoms with E-state index in [1.165, 1.54) is 4.31 Å². The number of sulfonamides is 1. The third-order valence-corrected chi connectivity index (χ3v) is 8.72. The second kappa shape index (κ2) is 10.2. The number of amides is 1. The van der Waals surface area contributed by atoms with Gasteiger partial charge in [-0.15, -0.1) is 0 Å². The van der Waals surface area contributed by atoms with Gasteiger partial charge in [-0.05, 0) is 67.3 Å². The maximum absolute atomic E-state index is 13.8. The minimum absolute atomic E-state index is 0.0806. The molecule has 1 atom stereocenters. The molecular formula is C31H30N2O3S. The predicted octanol–water partition coefficient (Wildman–Crippen LogP) is 5.98.